The summed E-state index contributed by atoms with van der Waals surface area (Å²) in [5, 5.41) is 5.95. The average Bonchev–Trinajstić information content (AvgIpc) is 3.57. The number of aromatic amines is 1. The van der Waals surface area contributed by atoms with Crippen LogP contribution >= 0.6 is 0 Å². The minimum absolute atomic E-state index is 0.0354. The largest absolute Gasteiger partial charge is 0.359 e. The summed E-state index contributed by atoms with van der Waals surface area (Å²) in [4.78, 5) is 31.4. The number of carbonyl (C=O) groups excluding carboxylic acids is 2. The molecule has 0 spiro atoms. The Morgan fingerprint density at radius 2 is 1.94 bits per heavy atom. The van der Waals surface area contributed by atoms with Crippen LogP contribution in [0.15, 0.2) is 48.5 Å². The van der Waals surface area contributed by atoms with E-state index in [1.165, 1.54) is 25.0 Å². The van der Waals surface area contributed by atoms with E-state index in [1.54, 1.807) is 12.1 Å². The molecule has 0 bridgehead atoms. The predicted octanol–water partition coefficient (Wildman–Crippen LogP) is 4.77. The SMILES string of the molecule is Cc1cc(CC(=O)NCCCN2CCCC2)c(/C=C2\C(=O)Nc3cccc(-c4cccc(F)c4)c32)[nH]1. The first-order valence-corrected chi connectivity index (χ1v) is 12.6. The number of hydrogen-bond acceptors (Lipinski definition) is 3. The Balaban J connectivity index is 1.35. The summed E-state index contributed by atoms with van der Waals surface area (Å²) in [7, 11) is 0. The van der Waals surface area contributed by atoms with Gasteiger partial charge in [0.15, 0.2) is 0 Å². The second kappa shape index (κ2) is 10.5. The summed E-state index contributed by atoms with van der Waals surface area (Å²) in [5.74, 6) is -0.591. The number of hydrogen-bond donors (Lipinski definition) is 3. The van der Waals surface area contributed by atoms with Crippen molar-refractivity contribution in [1.82, 2.24) is 15.2 Å². The molecule has 3 N–H and O–H groups in total. The minimum Gasteiger partial charge on any atom is -0.359 e. The lowest BCUT2D eigenvalue weighted by molar-refractivity contribution is -0.120. The molecule has 2 aromatic carbocycles. The highest BCUT2D eigenvalue weighted by molar-refractivity contribution is 6.36. The van der Waals surface area contributed by atoms with Crippen molar-refractivity contribution >= 4 is 29.2 Å². The highest BCUT2D eigenvalue weighted by Crippen LogP contribution is 2.40. The van der Waals surface area contributed by atoms with Gasteiger partial charge in [-0.1, -0.05) is 24.3 Å². The van der Waals surface area contributed by atoms with Gasteiger partial charge in [0.2, 0.25) is 5.91 Å². The zero-order chi connectivity index (χ0) is 25.1. The van der Waals surface area contributed by atoms with Gasteiger partial charge in [-0.25, -0.2) is 4.39 Å². The van der Waals surface area contributed by atoms with Gasteiger partial charge < -0.3 is 20.5 Å². The predicted molar refractivity (Wildman–Crippen MR) is 141 cm³/mol. The first-order chi connectivity index (χ1) is 17.5. The molecule has 1 aromatic heterocycles. The Morgan fingerprint density at radius 3 is 2.75 bits per heavy atom. The van der Waals surface area contributed by atoms with Crippen molar-refractivity contribution in [3.63, 3.8) is 0 Å². The lowest BCUT2D eigenvalue weighted by Gasteiger charge is -2.14. The maximum atomic E-state index is 13.9. The molecule has 0 atom stereocenters. The summed E-state index contributed by atoms with van der Waals surface area (Å²) in [5.41, 5.74) is 5.86. The summed E-state index contributed by atoms with van der Waals surface area (Å²) >= 11 is 0. The number of rotatable bonds is 8. The first-order valence-electron chi connectivity index (χ1n) is 12.6. The second-order valence-corrected chi connectivity index (χ2v) is 9.57. The molecular formula is C29H31FN4O2. The molecule has 2 amide bonds. The van der Waals surface area contributed by atoms with Crippen molar-refractivity contribution in [1.29, 1.82) is 0 Å². The van der Waals surface area contributed by atoms with E-state index in [2.05, 4.69) is 20.5 Å². The first kappa shape index (κ1) is 24.0. The molecule has 3 heterocycles. The Kier molecular flexibility index (Phi) is 7.00. The average molecular weight is 487 g/mol. The molecule has 186 valence electrons. The van der Waals surface area contributed by atoms with Crippen LogP contribution in [-0.2, 0) is 16.0 Å². The van der Waals surface area contributed by atoms with Crippen LogP contribution in [0.1, 0.15) is 41.8 Å². The number of fused-ring (bicyclic) bond motifs is 1. The lowest BCUT2D eigenvalue weighted by atomic mass is 9.94. The van der Waals surface area contributed by atoms with Crippen molar-refractivity contribution in [3.05, 3.63) is 76.9 Å². The zero-order valence-corrected chi connectivity index (χ0v) is 20.5. The summed E-state index contributed by atoms with van der Waals surface area (Å²) in [6, 6.07) is 13.9. The molecule has 0 aliphatic carbocycles. The van der Waals surface area contributed by atoms with E-state index in [0.717, 1.165) is 54.1 Å². The minimum atomic E-state index is -0.332. The van der Waals surface area contributed by atoms with Crippen molar-refractivity contribution in [2.24, 2.45) is 0 Å². The Labute approximate surface area is 210 Å². The number of halogens is 1. The van der Waals surface area contributed by atoms with Gasteiger partial charge in [0.1, 0.15) is 5.82 Å². The van der Waals surface area contributed by atoms with Crippen LogP contribution in [0.4, 0.5) is 10.1 Å². The number of aromatic nitrogens is 1. The summed E-state index contributed by atoms with van der Waals surface area (Å²) in [6.45, 7) is 5.92. The molecule has 2 aliphatic rings. The number of amides is 2. The molecule has 3 aromatic rings. The highest BCUT2D eigenvalue weighted by atomic mass is 19.1. The van der Waals surface area contributed by atoms with Gasteiger partial charge in [-0.05, 0) is 92.9 Å². The number of nitrogens with zero attached hydrogens (tertiary/aromatic N) is 1. The van der Waals surface area contributed by atoms with E-state index < -0.39 is 0 Å². The van der Waals surface area contributed by atoms with Crippen molar-refractivity contribution < 1.29 is 14.0 Å². The van der Waals surface area contributed by atoms with Gasteiger partial charge in [-0.15, -0.1) is 0 Å². The van der Waals surface area contributed by atoms with Gasteiger partial charge >= 0.3 is 0 Å². The Hall–Kier alpha value is -3.71. The van der Waals surface area contributed by atoms with Crippen LogP contribution in [0.5, 0.6) is 0 Å². The number of H-pyrrole nitrogens is 1. The van der Waals surface area contributed by atoms with Crippen molar-refractivity contribution in [3.8, 4) is 11.1 Å². The van der Waals surface area contributed by atoms with Crippen LogP contribution in [-0.4, -0.2) is 47.9 Å². The molecule has 1 saturated heterocycles. The maximum Gasteiger partial charge on any atom is 0.256 e. The fourth-order valence-corrected chi connectivity index (χ4v) is 5.14. The van der Waals surface area contributed by atoms with Crippen LogP contribution in [0, 0.1) is 12.7 Å². The van der Waals surface area contributed by atoms with Gasteiger partial charge in [0.25, 0.3) is 5.91 Å². The standard InChI is InChI=1S/C29H31FN4O2/c1-19-15-21(17-27(35)31-11-6-14-34-12-2-3-13-34)26(32-19)18-24-28-23(20-7-4-8-22(30)16-20)9-5-10-25(28)33-29(24)36/h4-5,7-10,15-16,18,32H,2-3,6,11-14,17H2,1H3,(H,31,35)(H,33,36)/b24-18-. The van der Waals surface area contributed by atoms with E-state index in [4.69, 9.17) is 0 Å². The van der Waals surface area contributed by atoms with Crippen molar-refractivity contribution in [2.45, 2.75) is 32.6 Å². The van der Waals surface area contributed by atoms with Gasteiger partial charge in [-0.3, -0.25) is 9.59 Å². The third kappa shape index (κ3) is 5.26. The fraction of sp³-hybridized carbons (Fsp3) is 0.310. The van der Waals surface area contributed by atoms with E-state index in [9.17, 15) is 14.0 Å². The third-order valence-corrected chi connectivity index (χ3v) is 6.84. The molecular weight excluding hydrogens is 455 g/mol. The lowest BCUT2D eigenvalue weighted by Crippen LogP contribution is -2.29. The highest BCUT2D eigenvalue weighted by Gasteiger charge is 2.28. The number of likely N-dealkylation sites (tertiary alicyclic amines) is 1. The number of aryl methyl sites for hydroxylation is 1. The monoisotopic (exact) mass is 486 g/mol. The van der Waals surface area contributed by atoms with Crippen LogP contribution in [0.3, 0.4) is 0 Å². The molecule has 5 rings (SSSR count). The molecule has 1 fully saturated rings. The fourth-order valence-electron chi connectivity index (χ4n) is 5.14. The van der Waals surface area contributed by atoms with E-state index in [-0.39, 0.29) is 24.1 Å². The van der Waals surface area contributed by atoms with Gasteiger partial charge in [-0.2, -0.15) is 0 Å². The van der Waals surface area contributed by atoms with E-state index >= 15 is 0 Å². The summed E-state index contributed by atoms with van der Waals surface area (Å²) in [6.07, 6.45) is 5.50. The van der Waals surface area contributed by atoms with Crippen LogP contribution in [0.25, 0.3) is 22.8 Å². The van der Waals surface area contributed by atoms with Crippen LogP contribution in [0.2, 0.25) is 0 Å². The zero-order valence-electron chi connectivity index (χ0n) is 20.5. The molecule has 2 aliphatic heterocycles. The molecule has 36 heavy (non-hydrogen) atoms. The number of carbonyl (C=O) groups is 2. The van der Waals surface area contributed by atoms with E-state index in [0.29, 0.717) is 23.4 Å². The molecule has 0 unspecified atom stereocenters. The maximum absolute atomic E-state index is 13.9. The normalized spacial score (nSPS) is 16.4. The molecule has 0 radical (unpaired) electrons. The smallest absolute Gasteiger partial charge is 0.256 e. The summed E-state index contributed by atoms with van der Waals surface area (Å²) < 4.78 is 13.9. The molecule has 7 heteroatoms. The number of nitrogens with one attached hydrogen (secondary N) is 3. The Bertz CT molecular complexity index is 1320. The van der Waals surface area contributed by atoms with Gasteiger partial charge in [0.05, 0.1) is 12.0 Å². The van der Waals surface area contributed by atoms with Crippen molar-refractivity contribution in [2.75, 3.05) is 31.5 Å². The number of anilines is 1. The van der Waals surface area contributed by atoms with E-state index in [1.807, 2.05) is 37.3 Å². The third-order valence-electron chi connectivity index (χ3n) is 6.84. The quantitative estimate of drug-likeness (QED) is 0.317. The van der Waals surface area contributed by atoms with Crippen LogP contribution < -0.4 is 10.6 Å². The second-order valence-electron chi connectivity index (χ2n) is 9.57. The molecule has 0 saturated carbocycles. The van der Waals surface area contributed by atoms with Gasteiger partial charge in [0, 0.05) is 29.2 Å². The topological polar surface area (TPSA) is 77.2 Å². The molecule has 6 nitrogen and oxygen atoms in total. The Morgan fingerprint density at radius 1 is 1.14 bits per heavy atom. The number of benzene rings is 2.